The van der Waals surface area contributed by atoms with E-state index >= 15 is 0 Å². The molecular formula is C19H24N2O4. The van der Waals surface area contributed by atoms with Crippen molar-refractivity contribution in [3.8, 4) is 0 Å². The molecule has 1 aromatic rings. The van der Waals surface area contributed by atoms with Crippen LogP contribution in [-0.4, -0.2) is 40.4 Å². The maximum absolute atomic E-state index is 12.6. The van der Waals surface area contributed by atoms with Gasteiger partial charge >= 0.3 is 5.97 Å². The number of aliphatic carboxylic acids is 1. The number of carboxylic acids is 1. The largest absolute Gasteiger partial charge is 0.481 e. The fraction of sp³-hybridized carbons (Fsp3) is 0.526. The SMILES string of the molecule is C[C@@H]1[C@H](C(=O)O)CCCN1C(=O)CCC1Cc2ccccc2NC1=O. The Morgan fingerprint density at radius 3 is 2.84 bits per heavy atom. The van der Waals surface area contributed by atoms with Gasteiger partial charge in [0.05, 0.1) is 5.92 Å². The van der Waals surface area contributed by atoms with E-state index in [1.807, 2.05) is 24.3 Å². The summed E-state index contributed by atoms with van der Waals surface area (Å²) in [6.45, 7) is 2.41. The lowest BCUT2D eigenvalue weighted by Crippen LogP contribution is -2.49. The minimum Gasteiger partial charge on any atom is -0.481 e. The van der Waals surface area contributed by atoms with Crippen molar-refractivity contribution < 1.29 is 19.5 Å². The van der Waals surface area contributed by atoms with Crippen LogP contribution in [0.15, 0.2) is 24.3 Å². The lowest BCUT2D eigenvalue weighted by molar-refractivity contribution is -0.149. The second kappa shape index (κ2) is 7.25. The molecule has 2 amide bonds. The number of anilines is 1. The van der Waals surface area contributed by atoms with Crippen molar-refractivity contribution in [3.05, 3.63) is 29.8 Å². The summed E-state index contributed by atoms with van der Waals surface area (Å²) in [5, 5.41) is 12.2. The van der Waals surface area contributed by atoms with E-state index in [1.54, 1.807) is 11.8 Å². The number of hydrogen-bond acceptors (Lipinski definition) is 3. The smallest absolute Gasteiger partial charge is 0.308 e. The lowest BCUT2D eigenvalue weighted by atomic mass is 9.88. The van der Waals surface area contributed by atoms with Gasteiger partial charge in [0.1, 0.15) is 0 Å². The first-order chi connectivity index (χ1) is 12.0. The Balaban J connectivity index is 1.59. The van der Waals surface area contributed by atoms with Crippen LogP contribution in [-0.2, 0) is 20.8 Å². The van der Waals surface area contributed by atoms with Crippen molar-refractivity contribution in [3.63, 3.8) is 0 Å². The average Bonchev–Trinajstić information content (AvgIpc) is 2.59. The number of hydrogen-bond donors (Lipinski definition) is 2. The van der Waals surface area contributed by atoms with Crippen molar-refractivity contribution in [1.82, 2.24) is 4.90 Å². The van der Waals surface area contributed by atoms with Crippen LogP contribution in [0.4, 0.5) is 5.69 Å². The van der Waals surface area contributed by atoms with Gasteiger partial charge in [-0.2, -0.15) is 0 Å². The summed E-state index contributed by atoms with van der Waals surface area (Å²) in [6, 6.07) is 7.42. The first-order valence-corrected chi connectivity index (χ1v) is 8.88. The summed E-state index contributed by atoms with van der Waals surface area (Å²) in [4.78, 5) is 37.8. The maximum atomic E-state index is 12.6. The van der Waals surface area contributed by atoms with Crippen LogP contribution >= 0.6 is 0 Å². The number of likely N-dealkylation sites (tertiary alicyclic amines) is 1. The van der Waals surface area contributed by atoms with Crippen LogP contribution in [0.3, 0.4) is 0 Å². The highest BCUT2D eigenvalue weighted by molar-refractivity contribution is 5.96. The van der Waals surface area contributed by atoms with E-state index in [1.165, 1.54) is 0 Å². The first-order valence-electron chi connectivity index (χ1n) is 8.88. The Bertz CT molecular complexity index is 688. The van der Waals surface area contributed by atoms with E-state index < -0.39 is 11.9 Å². The molecule has 2 heterocycles. The molecule has 1 aromatic carbocycles. The molecule has 0 aromatic heterocycles. The molecule has 0 radical (unpaired) electrons. The zero-order valence-corrected chi connectivity index (χ0v) is 14.4. The highest BCUT2D eigenvalue weighted by Gasteiger charge is 2.35. The third kappa shape index (κ3) is 3.67. The van der Waals surface area contributed by atoms with Gasteiger partial charge in [0.2, 0.25) is 11.8 Å². The van der Waals surface area contributed by atoms with E-state index in [0.29, 0.717) is 32.2 Å². The molecule has 1 fully saturated rings. The molecule has 3 rings (SSSR count). The number of carbonyl (C=O) groups excluding carboxylic acids is 2. The Morgan fingerprint density at radius 2 is 2.08 bits per heavy atom. The van der Waals surface area contributed by atoms with Gasteiger partial charge in [0.15, 0.2) is 0 Å². The molecular weight excluding hydrogens is 320 g/mol. The van der Waals surface area contributed by atoms with E-state index in [9.17, 15) is 19.5 Å². The Hall–Kier alpha value is -2.37. The molecule has 0 bridgehead atoms. The molecule has 2 N–H and O–H groups in total. The number of rotatable bonds is 4. The molecule has 0 saturated carbocycles. The summed E-state index contributed by atoms with van der Waals surface area (Å²) >= 11 is 0. The fourth-order valence-corrected chi connectivity index (χ4v) is 3.91. The van der Waals surface area contributed by atoms with Crippen molar-refractivity contribution in [1.29, 1.82) is 0 Å². The number of fused-ring (bicyclic) bond motifs is 1. The van der Waals surface area contributed by atoms with Crippen LogP contribution in [0.5, 0.6) is 0 Å². The van der Waals surface area contributed by atoms with Crippen LogP contribution in [0, 0.1) is 11.8 Å². The minimum atomic E-state index is -0.840. The first kappa shape index (κ1) is 17.5. The van der Waals surface area contributed by atoms with E-state index in [4.69, 9.17) is 0 Å². The van der Waals surface area contributed by atoms with Crippen molar-refractivity contribution in [2.45, 2.75) is 45.1 Å². The number of nitrogens with zero attached hydrogens (tertiary/aromatic N) is 1. The van der Waals surface area contributed by atoms with Gasteiger partial charge in [-0.25, -0.2) is 0 Å². The van der Waals surface area contributed by atoms with Gasteiger partial charge in [0, 0.05) is 30.6 Å². The third-order valence-corrected chi connectivity index (χ3v) is 5.44. The number of carboxylic acid groups (broad SMARTS) is 1. The van der Waals surface area contributed by atoms with Gasteiger partial charge in [-0.15, -0.1) is 0 Å². The standard InChI is InChI=1S/C19H24N2O4/c1-12-15(19(24)25)6-4-10-21(12)17(22)9-8-14-11-13-5-2-3-7-16(13)20-18(14)23/h2-3,5,7,12,14-15H,4,6,8-11H2,1H3,(H,20,23)(H,24,25)/t12-,14?,15-/m1/s1. The molecule has 1 unspecified atom stereocenters. The monoisotopic (exact) mass is 344 g/mol. The predicted octanol–water partition coefficient (Wildman–Crippen LogP) is 2.29. The average molecular weight is 344 g/mol. The molecule has 3 atom stereocenters. The van der Waals surface area contributed by atoms with Crippen molar-refractivity contribution in [2.75, 3.05) is 11.9 Å². The molecule has 6 nitrogen and oxygen atoms in total. The second-order valence-corrected chi connectivity index (χ2v) is 7.00. The summed E-state index contributed by atoms with van der Waals surface area (Å²) in [6.07, 6.45) is 2.73. The highest BCUT2D eigenvalue weighted by Crippen LogP contribution is 2.29. The number of para-hydroxylation sites is 1. The van der Waals surface area contributed by atoms with E-state index in [0.717, 1.165) is 11.3 Å². The van der Waals surface area contributed by atoms with Gasteiger partial charge in [-0.1, -0.05) is 18.2 Å². The Kier molecular flexibility index (Phi) is 5.06. The Labute approximate surface area is 147 Å². The predicted molar refractivity (Wildman–Crippen MR) is 93.0 cm³/mol. The van der Waals surface area contributed by atoms with Crippen molar-refractivity contribution in [2.24, 2.45) is 11.8 Å². The van der Waals surface area contributed by atoms with Gasteiger partial charge < -0.3 is 15.3 Å². The van der Waals surface area contributed by atoms with Crippen LogP contribution < -0.4 is 5.32 Å². The fourth-order valence-electron chi connectivity index (χ4n) is 3.91. The summed E-state index contributed by atoms with van der Waals surface area (Å²) in [5.74, 6) is -1.64. The molecule has 0 spiro atoms. The Morgan fingerprint density at radius 1 is 1.32 bits per heavy atom. The second-order valence-electron chi connectivity index (χ2n) is 7.00. The zero-order valence-electron chi connectivity index (χ0n) is 14.4. The highest BCUT2D eigenvalue weighted by atomic mass is 16.4. The molecule has 0 aliphatic carbocycles. The van der Waals surface area contributed by atoms with E-state index in [-0.39, 0.29) is 30.2 Å². The van der Waals surface area contributed by atoms with Crippen LogP contribution in [0.1, 0.15) is 38.2 Å². The number of nitrogens with one attached hydrogen (secondary N) is 1. The lowest BCUT2D eigenvalue weighted by Gasteiger charge is -2.37. The number of carbonyl (C=O) groups is 3. The van der Waals surface area contributed by atoms with Gasteiger partial charge in [0.25, 0.3) is 0 Å². The number of piperidine rings is 1. The molecule has 1 saturated heterocycles. The maximum Gasteiger partial charge on any atom is 0.308 e. The molecule has 2 aliphatic heterocycles. The van der Waals surface area contributed by atoms with Gasteiger partial charge in [-0.05, 0) is 44.2 Å². The molecule has 25 heavy (non-hydrogen) atoms. The zero-order chi connectivity index (χ0) is 18.0. The normalized spacial score (nSPS) is 25.9. The molecule has 2 aliphatic rings. The number of benzene rings is 1. The quantitative estimate of drug-likeness (QED) is 0.877. The third-order valence-electron chi connectivity index (χ3n) is 5.44. The molecule has 134 valence electrons. The minimum absolute atomic E-state index is 0.0402. The number of amides is 2. The van der Waals surface area contributed by atoms with Crippen LogP contribution in [0.2, 0.25) is 0 Å². The molecule has 6 heteroatoms. The topological polar surface area (TPSA) is 86.7 Å². The van der Waals surface area contributed by atoms with Crippen LogP contribution in [0.25, 0.3) is 0 Å². The van der Waals surface area contributed by atoms with Gasteiger partial charge in [-0.3, -0.25) is 14.4 Å². The van der Waals surface area contributed by atoms with Crippen molar-refractivity contribution >= 4 is 23.5 Å². The summed E-state index contributed by atoms with van der Waals surface area (Å²) in [5.41, 5.74) is 1.95. The van der Waals surface area contributed by atoms with E-state index in [2.05, 4.69) is 5.32 Å². The summed E-state index contributed by atoms with van der Waals surface area (Å²) in [7, 11) is 0. The summed E-state index contributed by atoms with van der Waals surface area (Å²) < 4.78 is 0.